The summed E-state index contributed by atoms with van der Waals surface area (Å²) in [6.45, 7) is 1.70. The smallest absolute Gasteiger partial charge is 0.331 e. The molecule has 3 heterocycles. The van der Waals surface area contributed by atoms with Gasteiger partial charge < -0.3 is 4.90 Å². The minimum atomic E-state index is -3.92. The first-order valence-corrected chi connectivity index (χ1v) is 13.3. The Morgan fingerprint density at radius 1 is 0.971 bits per heavy atom. The van der Waals surface area contributed by atoms with Crippen LogP contribution in [0, 0.1) is 0 Å². The lowest BCUT2D eigenvalue weighted by Crippen LogP contribution is -2.40. The fourth-order valence-electron chi connectivity index (χ4n) is 5.06. The average Bonchev–Trinajstić information content (AvgIpc) is 3.42. The van der Waals surface area contributed by atoms with Crippen molar-refractivity contribution in [3.8, 4) is 0 Å². The van der Waals surface area contributed by atoms with Crippen LogP contribution >= 0.6 is 0 Å². The first-order chi connectivity index (χ1) is 16.8. The second-order valence-corrected chi connectivity index (χ2v) is 11.0. The molecule has 0 N–H and O–H groups in total. The van der Waals surface area contributed by atoms with Gasteiger partial charge in [-0.15, -0.1) is 0 Å². The summed E-state index contributed by atoms with van der Waals surface area (Å²) in [6, 6.07) is 11.7. The molecule has 184 valence electrons. The number of anilines is 1. The molecule has 0 radical (unpaired) electrons. The zero-order valence-corrected chi connectivity index (χ0v) is 20.5. The third-order valence-electron chi connectivity index (χ3n) is 6.99. The van der Waals surface area contributed by atoms with E-state index in [1.807, 2.05) is 18.2 Å². The number of carbonyl (C=O) groups is 1. The first-order valence-electron chi connectivity index (χ1n) is 11.9. The van der Waals surface area contributed by atoms with Crippen molar-refractivity contribution < 1.29 is 13.2 Å². The Morgan fingerprint density at radius 3 is 2.49 bits per heavy atom. The summed E-state index contributed by atoms with van der Waals surface area (Å²) in [5.74, 6) is -0.0864. The highest BCUT2D eigenvalue weighted by molar-refractivity contribution is 7.92. The number of aromatic nitrogens is 2. The van der Waals surface area contributed by atoms with Crippen LogP contribution in [-0.2, 0) is 34.8 Å². The molecule has 9 nitrogen and oxygen atoms in total. The van der Waals surface area contributed by atoms with Crippen LogP contribution in [0.15, 0.2) is 56.9 Å². The maximum atomic E-state index is 13.6. The van der Waals surface area contributed by atoms with Gasteiger partial charge in [0, 0.05) is 39.6 Å². The van der Waals surface area contributed by atoms with Crippen LogP contribution in [0.3, 0.4) is 0 Å². The summed E-state index contributed by atoms with van der Waals surface area (Å²) in [6.07, 6.45) is 3.48. The molecular weight excluding hydrogens is 468 g/mol. The zero-order chi connectivity index (χ0) is 24.7. The fraction of sp³-hybridized carbons (Fsp3) is 0.400. The van der Waals surface area contributed by atoms with Crippen molar-refractivity contribution >= 4 is 32.5 Å². The molecule has 2 aliphatic rings. The maximum absolute atomic E-state index is 13.6. The number of aryl methyl sites for hydroxylation is 2. The number of rotatable bonds is 5. The SMILES string of the molecule is Cn1c(=O)n(CCC(=O)N2CCCC2)c(=O)c2cc(S(=O)(=O)N3CCCc4ccccc43)ccc21. The van der Waals surface area contributed by atoms with Crippen molar-refractivity contribution in [3.05, 3.63) is 68.9 Å². The molecule has 1 fully saturated rings. The van der Waals surface area contributed by atoms with Crippen LogP contribution < -0.4 is 15.6 Å². The summed E-state index contributed by atoms with van der Waals surface area (Å²) >= 11 is 0. The highest BCUT2D eigenvalue weighted by Gasteiger charge is 2.29. The minimum Gasteiger partial charge on any atom is -0.343 e. The molecule has 2 aliphatic heterocycles. The molecule has 3 aromatic rings. The minimum absolute atomic E-state index is 0.00264. The number of benzene rings is 2. The Labute approximate surface area is 203 Å². The molecule has 0 bridgehead atoms. The molecular formula is C25H28N4O5S. The van der Waals surface area contributed by atoms with E-state index in [0.717, 1.165) is 29.4 Å². The number of sulfonamides is 1. The van der Waals surface area contributed by atoms with Crippen molar-refractivity contribution in [2.45, 2.75) is 43.5 Å². The summed E-state index contributed by atoms with van der Waals surface area (Å²) in [7, 11) is -2.38. The Kier molecular flexibility index (Phi) is 6.00. The first kappa shape index (κ1) is 23.3. The van der Waals surface area contributed by atoms with Crippen LogP contribution in [0.4, 0.5) is 5.69 Å². The van der Waals surface area contributed by atoms with Gasteiger partial charge in [-0.05, 0) is 55.5 Å². The lowest BCUT2D eigenvalue weighted by atomic mass is 10.0. The Morgan fingerprint density at radius 2 is 1.71 bits per heavy atom. The van der Waals surface area contributed by atoms with E-state index in [1.54, 1.807) is 11.0 Å². The molecule has 5 rings (SSSR count). The van der Waals surface area contributed by atoms with E-state index in [4.69, 9.17) is 0 Å². The number of carbonyl (C=O) groups excluding carboxylic acids is 1. The molecule has 1 saturated heterocycles. The Bertz CT molecular complexity index is 1530. The van der Waals surface area contributed by atoms with E-state index in [-0.39, 0.29) is 29.2 Å². The lowest BCUT2D eigenvalue weighted by molar-refractivity contribution is -0.130. The van der Waals surface area contributed by atoms with Crippen molar-refractivity contribution in [2.24, 2.45) is 7.05 Å². The van der Waals surface area contributed by atoms with Crippen molar-refractivity contribution in [1.29, 1.82) is 0 Å². The van der Waals surface area contributed by atoms with Crippen LogP contribution in [-0.4, -0.2) is 48.0 Å². The van der Waals surface area contributed by atoms with Crippen molar-refractivity contribution in [2.75, 3.05) is 23.9 Å². The molecule has 10 heteroatoms. The number of likely N-dealkylation sites (tertiary alicyclic amines) is 1. The number of para-hydroxylation sites is 1. The third-order valence-corrected chi connectivity index (χ3v) is 8.80. The van der Waals surface area contributed by atoms with E-state index >= 15 is 0 Å². The van der Waals surface area contributed by atoms with Crippen molar-refractivity contribution in [1.82, 2.24) is 14.0 Å². The lowest BCUT2D eigenvalue weighted by Gasteiger charge is -2.30. The zero-order valence-electron chi connectivity index (χ0n) is 19.6. The normalized spacial score (nSPS) is 16.0. The number of amides is 1. The number of hydrogen-bond donors (Lipinski definition) is 0. The van der Waals surface area contributed by atoms with E-state index in [0.29, 0.717) is 37.3 Å². The maximum Gasteiger partial charge on any atom is 0.331 e. The summed E-state index contributed by atoms with van der Waals surface area (Å²) in [4.78, 5) is 40.4. The molecule has 0 unspecified atom stereocenters. The molecule has 0 atom stereocenters. The van der Waals surface area contributed by atoms with Gasteiger partial charge in [-0.1, -0.05) is 18.2 Å². The molecule has 2 aromatic carbocycles. The summed E-state index contributed by atoms with van der Waals surface area (Å²) in [5, 5.41) is 0.132. The molecule has 1 amide bonds. The average molecular weight is 497 g/mol. The monoisotopic (exact) mass is 496 g/mol. The highest BCUT2D eigenvalue weighted by atomic mass is 32.2. The molecule has 0 saturated carbocycles. The Balaban J connectivity index is 1.54. The van der Waals surface area contributed by atoms with E-state index in [2.05, 4.69) is 0 Å². The van der Waals surface area contributed by atoms with Gasteiger partial charge in [0.15, 0.2) is 0 Å². The van der Waals surface area contributed by atoms with Crippen LogP contribution in [0.5, 0.6) is 0 Å². The van der Waals surface area contributed by atoms with Gasteiger partial charge in [0.1, 0.15) is 0 Å². The largest absolute Gasteiger partial charge is 0.343 e. The number of hydrogen-bond acceptors (Lipinski definition) is 5. The van der Waals surface area contributed by atoms with Gasteiger partial charge >= 0.3 is 5.69 Å². The summed E-state index contributed by atoms with van der Waals surface area (Å²) < 4.78 is 30.9. The highest BCUT2D eigenvalue weighted by Crippen LogP contribution is 2.32. The van der Waals surface area contributed by atoms with Gasteiger partial charge in [-0.3, -0.25) is 23.0 Å². The van der Waals surface area contributed by atoms with Crippen LogP contribution in [0.1, 0.15) is 31.2 Å². The van der Waals surface area contributed by atoms with E-state index in [1.165, 1.54) is 34.1 Å². The van der Waals surface area contributed by atoms with Gasteiger partial charge in [0.05, 0.1) is 21.5 Å². The Hall–Kier alpha value is -3.40. The second-order valence-electron chi connectivity index (χ2n) is 9.12. The van der Waals surface area contributed by atoms with Gasteiger partial charge in [-0.2, -0.15) is 0 Å². The second kappa shape index (κ2) is 8.99. The summed E-state index contributed by atoms with van der Waals surface area (Å²) in [5.41, 5.74) is 0.846. The molecule has 0 aliphatic carbocycles. The molecule has 1 aromatic heterocycles. The third kappa shape index (κ3) is 4.05. The van der Waals surface area contributed by atoms with Crippen LogP contribution in [0.2, 0.25) is 0 Å². The quantitative estimate of drug-likeness (QED) is 0.537. The standard InChI is InChI=1S/C25H28N4O5S/c1-26-22-11-10-19(35(33,34)29-15-6-8-18-7-2-3-9-21(18)29)17-20(22)24(31)28(25(26)32)16-12-23(30)27-13-4-5-14-27/h2-3,7,9-11,17H,4-6,8,12-16H2,1H3. The number of nitrogens with zero attached hydrogens (tertiary/aromatic N) is 4. The van der Waals surface area contributed by atoms with Gasteiger partial charge in [-0.25, -0.2) is 13.2 Å². The van der Waals surface area contributed by atoms with Crippen LogP contribution in [0.25, 0.3) is 10.9 Å². The topological polar surface area (TPSA) is 102 Å². The molecule has 0 spiro atoms. The molecule has 35 heavy (non-hydrogen) atoms. The predicted molar refractivity (Wildman–Crippen MR) is 133 cm³/mol. The van der Waals surface area contributed by atoms with E-state index in [9.17, 15) is 22.8 Å². The van der Waals surface area contributed by atoms with Gasteiger partial charge in [0.25, 0.3) is 15.6 Å². The fourth-order valence-corrected chi connectivity index (χ4v) is 6.63. The van der Waals surface area contributed by atoms with Gasteiger partial charge in [0.2, 0.25) is 5.91 Å². The van der Waals surface area contributed by atoms with E-state index < -0.39 is 21.3 Å². The predicted octanol–water partition coefficient (Wildman–Crippen LogP) is 1.85. The number of fused-ring (bicyclic) bond motifs is 2. The van der Waals surface area contributed by atoms with Crippen molar-refractivity contribution in [3.63, 3.8) is 0 Å².